The number of benzene rings is 2. The normalized spacial score (nSPS) is 11.0. The molecule has 4 heteroatoms. The maximum atomic E-state index is 12.7. The number of aromatic nitrogens is 2. The minimum Gasteiger partial charge on any atom is -0.321 e. The zero-order chi connectivity index (χ0) is 17.4. The molecule has 0 fully saturated rings. The van der Waals surface area contributed by atoms with Crippen LogP contribution in [0.1, 0.15) is 21.6 Å². The summed E-state index contributed by atoms with van der Waals surface area (Å²) in [4.78, 5) is 21.7. The molecule has 0 unspecified atom stereocenters. The van der Waals surface area contributed by atoms with Gasteiger partial charge in [-0.25, -0.2) is 0 Å². The maximum absolute atomic E-state index is 12.7. The molecule has 0 aliphatic carbocycles. The first-order valence-electron chi connectivity index (χ1n) is 8.14. The number of amides is 1. The summed E-state index contributed by atoms with van der Waals surface area (Å²) in [6, 6.07) is 17.7. The molecule has 2 heterocycles. The number of carbonyl (C=O) groups is 1. The minimum absolute atomic E-state index is 0.175. The number of anilines is 1. The van der Waals surface area contributed by atoms with E-state index in [1.807, 2.05) is 68.4 Å². The second-order valence-corrected chi connectivity index (χ2v) is 6.19. The predicted octanol–water partition coefficient (Wildman–Crippen LogP) is 4.65. The number of nitrogens with one attached hydrogen (secondary N) is 1. The Morgan fingerprint density at radius 1 is 0.920 bits per heavy atom. The molecule has 0 aliphatic heterocycles. The van der Waals surface area contributed by atoms with Crippen molar-refractivity contribution in [3.63, 3.8) is 0 Å². The summed E-state index contributed by atoms with van der Waals surface area (Å²) >= 11 is 0. The van der Waals surface area contributed by atoms with E-state index in [-0.39, 0.29) is 5.91 Å². The van der Waals surface area contributed by atoms with Gasteiger partial charge in [0.2, 0.25) is 0 Å². The van der Waals surface area contributed by atoms with E-state index in [1.54, 1.807) is 6.20 Å². The summed E-state index contributed by atoms with van der Waals surface area (Å²) in [6.45, 7) is 3.88. The number of para-hydroxylation sites is 1. The van der Waals surface area contributed by atoms with Gasteiger partial charge in [-0.2, -0.15) is 0 Å². The molecule has 0 spiro atoms. The van der Waals surface area contributed by atoms with E-state index in [1.165, 1.54) is 0 Å². The largest absolute Gasteiger partial charge is 0.321 e. The summed E-state index contributed by atoms with van der Waals surface area (Å²) in [5.41, 5.74) is 4.90. The third kappa shape index (κ3) is 2.94. The highest BCUT2D eigenvalue weighted by Crippen LogP contribution is 2.20. The Hall–Kier alpha value is -3.27. The van der Waals surface area contributed by atoms with Crippen LogP contribution < -0.4 is 5.32 Å². The SMILES string of the molecule is Cc1ccc2nc(C)c(C(=O)Nc3cnc4ccccc4c3)cc2c1. The molecule has 0 bridgehead atoms. The lowest BCUT2D eigenvalue weighted by Gasteiger charge is -2.09. The van der Waals surface area contributed by atoms with Crippen LogP contribution in [0.4, 0.5) is 5.69 Å². The molecular formula is C21H17N3O. The zero-order valence-corrected chi connectivity index (χ0v) is 14.1. The summed E-state index contributed by atoms with van der Waals surface area (Å²) < 4.78 is 0. The number of pyridine rings is 2. The Bertz CT molecular complexity index is 1120. The zero-order valence-electron chi connectivity index (χ0n) is 14.1. The van der Waals surface area contributed by atoms with E-state index in [9.17, 15) is 4.79 Å². The lowest BCUT2D eigenvalue weighted by Crippen LogP contribution is -2.14. The van der Waals surface area contributed by atoms with Gasteiger partial charge in [-0.05, 0) is 44.2 Å². The number of hydrogen-bond acceptors (Lipinski definition) is 3. The lowest BCUT2D eigenvalue weighted by molar-refractivity contribution is 0.102. The molecule has 0 saturated heterocycles. The van der Waals surface area contributed by atoms with Gasteiger partial charge in [-0.15, -0.1) is 0 Å². The van der Waals surface area contributed by atoms with Crippen LogP contribution in [0.2, 0.25) is 0 Å². The van der Waals surface area contributed by atoms with Crippen molar-refractivity contribution in [2.75, 3.05) is 5.32 Å². The molecule has 25 heavy (non-hydrogen) atoms. The van der Waals surface area contributed by atoms with Crippen molar-refractivity contribution in [3.8, 4) is 0 Å². The predicted molar refractivity (Wildman–Crippen MR) is 101 cm³/mol. The van der Waals surface area contributed by atoms with Crippen molar-refractivity contribution in [2.24, 2.45) is 0 Å². The van der Waals surface area contributed by atoms with E-state index in [2.05, 4.69) is 15.3 Å². The lowest BCUT2D eigenvalue weighted by atomic mass is 10.1. The van der Waals surface area contributed by atoms with E-state index < -0.39 is 0 Å². The molecule has 2 aromatic heterocycles. The molecule has 0 aliphatic rings. The molecule has 2 aromatic carbocycles. The summed E-state index contributed by atoms with van der Waals surface area (Å²) in [5.74, 6) is -0.175. The number of nitrogens with zero attached hydrogens (tertiary/aromatic N) is 2. The number of rotatable bonds is 2. The number of hydrogen-bond donors (Lipinski definition) is 1. The molecular weight excluding hydrogens is 310 g/mol. The van der Waals surface area contributed by atoms with Crippen LogP contribution >= 0.6 is 0 Å². The minimum atomic E-state index is -0.175. The van der Waals surface area contributed by atoms with Crippen molar-refractivity contribution in [1.29, 1.82) is 0 Å². The topological polar surface area (TPSA) is 54.9 Å². The third-order valence-corrected chi connectivity index (χ3v) is 4.25. The van der Waals surface area contributed by atoms with Crippen molar-refractivity contribution in [3.05, 3.63) is 77.6 Å². The van der Waals surface area contributed by atoms with E-state index >= 15 is 0 Å². The molecule has 4 rings (SSSR count). The second kappa shape index (κ2) is 5.98. The molecule has 4 aromatic rings. The van der Waals surface area contributed by atoms with Gasteiger partial charge in [0, 0.05) is 10.8 Å². The fraction of sp³-hybridized carbons (Fsp3) is 0.0952. The van der Waals surface area contributed by atoms with Gasteiger partial charge in [0.1, 0.15) is 0 Å². The molecule has 1 amide bonds. The standard InChI is InChI=1S/C21H17N3O/c1-13-7-8-20-16(9-13)11-18(14(2)23-20)21(25)24-17-10-15-5-3-4-6-19(15)22-12-17/h3-12H,1-2H3,(H,24,25). The van der Waals surface area contributed by atoms with Crippen LogP contribution in [-0.4, -0.2) is 15.9 Å². The highest BCUT2D eigenvalue weighted by molar-refractivity contribution is 6.07. The maximum Gasteiger partial charge on any atom is 0.257 e. The highest BCUT2D eigenvalue weighted by atomic mass is 16.1. The van der Waals surface area contributed by atoms with E-state index in [4.69, 9.17) is 0 Å². The molecule has 4 nitrogen and oxygen atoms in total. The Morgan fingerprint density at radius 3 is 2.64 bits per heavy atom. The van der Waals surface area contributed by atoms with Crippen LogP contribution in [0.3, 0.4) is 0 Å². The van der Waals surface area contributed by atoms with Gasteiger partial charge in [-0.3, -0.25) is 14.8 Å². The Labute approximate surface area is 145 Å². The van der Waals surface area contributed by atoms with Crippen LogP contribution in [0, 0.1) is 13.8 Å². The molecule has 0 atom stereocenters. The fourth-order valence-corrected chi connectivity index (χ4v) is 2.96. The van der Waals surface area contributed by atoms with Crippen LogP contribution in [-0.2, 0) is 0 Å². The highest BCUT2D eigenvalue weighted by Gasteiger charge is 2.12. The number of aryl methyl sites for hydroxylation is 2. The molecule has 1 N–H and O–H groups in total. The second-order valence-electron chi connectivity index (χ2n) is 6.19. The Morgan fingerprint density at radius 2 is 1.76 bits per heavy atom. The Balaban J connectivity index is 1.69. The van der Waals surface area contributed by atoms with Gasteiger partial charge < -0.3 is 5.32 Å². The molecule has 0 radical (unpaired) electrons. The first-order chi connectivity index (χ1) is 12.1. The van der Waals surface area contributed by atoms with Gasteiger partial charge in [0.05, 0.1) is 34.2 Å². The quantitative estimate of drug-likeness (QED) is 0.583. The molecule has 122 valence electrons. The van der Waals surface area contributed by atoms with Gasteiger partial charge in [-0.1, -0.05) is 29.8 Å². The molecule has 0 saturated carbocycles. The fourth-order valence-electron chi connectivity index (χ4n) is 2.96. The van der Waals surface area contributed by atoms with Crippen molar-refractivity contribution < 1.29 is 4.79 Å². The Kier molecular flexibility index (Phi) is 3.65. The monoisotopic (exact) mass is 327 g/mol. The average molecular weight is 327 g/mol. The van der Waals surface area contributed by atoms with E-state index in [0.717, 1.165) is 27.4 Å². The van der Waals surface area contributed by atoms with Gasteiger partial charge in [0.15, 0.2) is 0 Å². The summed E-state index contributed by atoms with van der Waals surface area (Å²) in [5, 5.41) is 4.88. The first kappa shape index (κ1) is 15.3. The van der Waals surface area contributed by atoms with Crippen molar-refractivity contribution in [2.45, 2.75) is 13.8 Å². The van der Waals surface area contributed by atoms with Crippen LogP contribution in [0.25, 0.3) is 21.8 Å². The van der Waals surface area contributed by atoms with Crippen molar-refractivity contribution in [1.82, 2.24) is 9.97 Å². The van der Waals surface area contributed by atoms with Gasteiger partial charge >= 0.3 is 0 Å². The number of carbonyl (C=O) groups excluding carboxylic acids is 1. The summed E-state index contributed by atoms with van der Waals surface area (Å²) in [6.07, 6.45) is 1.67. The average Bonchev–Trinajstić information content (AvgIpc) is 2.61. The third-order valence-electron chi connectivity index (χ3n) is 4.25. The number of fused-ring (bicyclic) bond motifs is 2. The smallest absolute Gasteiger partial charge is 0.257 e. The summed E-state index contributed by atoms with van der Waals surface area (Å²) in [7, 11) is 0. The van der Waals surface area contributed by atoms with Crippen LogP contribution in [0.5, 0.6) is 0 Å². The van der Waals surface area contributed by atoms with Crippen molar-refractivity contribution >= 4 is 33.4 Å². The van der Waals surface area contributed by atoms with Gasteiger partial charge in [0.25, 0.3) is 5.91 Å². The first-order valence-corrected chi connectivity index (χ1v) is 8.14. The van der Waals surface area contributed by atoms with Crippen LogP contribution in [0.15, 0.2) is 60.8 Å². The van der Waals surface area contributed by atoms with E-state index in [0.29, 0.717) is 16.9 Å².